The minimum atomic E-state index is 0.127. The molecular formula is C17H17Cl2NO. The van der Waals surface area contributed by atoms with Crippen molar-refractivity contribution in [1.29, 1.82) is 0 Å². The Labute approximate surface area is 134 Å². The van der Waals surface area contributed by atoms with Gasteiger partial charge in [0.05, 0.1) is 10.0 Å². The molecule has 0 unspecified atom stereocenters. The van der Waals surface area contributed by atoms with Crippen molar-refractivity contribution >= 4 is 23.2 Å². The molecular weight excluding hydrogens is 305 g/mol. The van der Waals surface area contributed by atoms with Crippen LogP contribution in [-0.2, 0) is 13.0 Å². The van der Waals surface area contributed by atoms with Crippen molar-refractivity contribution in [3.8, 4) is 5.75 Å². The Bertz CT molecular complexity index is 657. The number of ether oxygens (including phenoxy) is 1. The highest BCUT2D eigenvalue weighted by atomic mass is 35.5. The van der Waals surface area contributed by atoms with Crippen LogP contribution in [-0.4, -0.2) is 0 Å². The van der Waals surface area contributed by atoms with E-state index in [2.05, 4.69) is 12.1 Å². The molecule has 0 heterocycles. The van der Waals surface area contributed by atoms with Crippen LogP contribution in [0.15, 0.2) is 36.4 Å². The average Bonchev–Trinajstić information content (AvgIpc) is 2.49. The Morgan fingerprint density at radius 3 is 2.76 bits per heavy atom. The van der Waals surface area contributed by atoms with Gasteiger partial charge in [-0.05, 0) is 60.2 Å². The lowest BCUT2D eigenvalue weighted by Gasteiger charge is -2.22. The first-order chi connectivity index (χ1) is 10.1. The van der Waals surface area contributed by atoms with E-state index in [1.165, 1.54) is 11.1 Å². The molecule has 0 saturated carbocycles. The van der Waals surface area contributed by atoms with Gasteiger partial charge in [0.25, 0.3) is 0 Å². The fourth-order valence-corrected chi connectivity index (χ4v) is 3.02. The zero-order valence-corrected chi connectivity index (χ0v) is 13.1. The zero-order valence-electron chi connectivity index (χ0n) is 11.6. The molecule has 110 valence electrons. The summed E-state index contributed by atoms with van der Waals surface area (Å²) in [5.41, 5.74) is 9.72. The number of nitrogens with two attached hydrogens (primary N) is 1. The summed E-state index contributed by atoms with van der Waals surface area (Å²) in [6.07, 6.45) is 3.32. The molecule has 0 saturated heterocycles. The van der Waals surface area contributed by atoms with Crippen LogP contribution in [0.5, 0.6) is 5.75 Å². The van der Waals surface area contributed by atoms with Crippen molar-refractivity contribution in [3.05, 3.63) is 63.1 Å². The van der Waals surface area contributed by atoms with Gasteiger partial charge in [-0.1, -0.05) is 35.3 Å². The van der Waals surface area contributed by atoms with Gasteiger partial charge in [0.1, 0.15) is 12.4 Å². The second-order valence-electron chi connectivity index (χ2n) is 5.40. The smallest absolute Gasteiger partial charge is 0.120 e. The quantitative estimate of drug-likeness (QED) is 0.871. The number of aryl methyl sites for hydroxylation is 1. The maximum absolute atomic E-state index is 6.17. The third-order valence-electron chi connectivity index (χ3n) is 3.87. The summed E-state index contributed by atoms with van der Waals surface area (Å²) in [5, 5.41) is 1.10. The molecule has 0 spiro atoms. The van der Waals surface area contributed by atoms with Crippen LogP contribution < -0.4 is 10.5 Å². The summed E-state index contributed by atoms with van der Waals surface area (Å²) in [7, 11) is 0. The number of hydrogen-bond acceptors (Lipinski definition) is 2. The van der Waals surface area contributed by atoms with E-state index in [9.17, 15) is 0 Å². The number of benzene rings is 2. The van der Waals surface area contributed by atoms with Crippen LogP contribution in [0.4, 0.5) is 0 Å². The maximum atomic E-state index is 6.17. The summed E-state index contributed by atoms with van der Waals surface area (Å²) >= 11 is 11.9. The van der Waals surface area contributed by atoms with Gasteiger partial charge in [-0.2, -0.15) is 0 Å². The van der Waals surface area contributed by atoms with Gasteiger partial charge < -0.3 is 10.5 Å². The van der Waals surface area contributed by atoms with Gasteiger partial charge >= 0.3 is 0 Å². The molecule has 4 heteroatoms. The van der Waals surface area contributed by atoms with Crippen LogP contribution in [0.3, 0.4) is 0 Å². The van der Waals surface area contributed by atoms with Gasteiger partial charge in [0, 0.05) is 6.04 Å². The minimum Gasteiger partial charge on any atom is -0.489 e. The first-order valence-electron chi connectivity index (χ1n) is 7.08. The van der Waals surface area contributed by atoms with E-state index in [4.69, 9.17) is 33.7 Å². The van der Waals surface area contributed by atoms with E-state index in [-0.39, 0.29) is 6.04 Å². The molecule has 2 aromatic carbocycles. The lowest BCUT2D eigenvalue weighted by atomic mass is 9.88. The monoisotopic (exact) mass is 321 g/mol. The Morgan fingerprint density at radius 1 is 1.10 bits per heavy atom. The van der Waals surface area contributed by atoms with Crippen molar-refractivity contribution in [2.45, 2.75) is 31.9 Å². The second-order valence-corrected chi connectivity index (χ2v) is 6.21. The zero-order chi connectivity index (χ0) is 14.8. The van der Waals surface area contributed by atoms with Crippen molar-refractivity contribution in [2.24, 2.45) is 5.73 Å². The summed E-state index contributed by atoms with van der Waals surface area (Å²) in [4.78, 5) is 0. The highest BCUT2D eigenvalue weighted by molar-refractivity contribution is 6.42. The van der Waals surface area contributed by atoms with Crippen LogP contribution in [0.25, 0.3) is 0 Å². The fourth-order valence-electron chi connectivity index (χ4n) is 2.70. The normalized spacial score (nSPS) is 17.4. The molecule has 0 amide bonds. The van der Waals surface area contributed by atoms with Crippen molar-refractivity contribution in [1.82, 2.24) is 0 Å². The van der Waals surface area contributed by atoms with Crippen LogP contribution in [0, 0.1) is 0 Å². The maximum Gasteiger partial charge on any atom is 0.120 e. The van der Waals surface area contributed by atoms with Crippen LogP contribution >= 0.6 is 23.2 Å². The molecule has 2 aromatic rings. The Morgan fingerprint density at radius 2 is 1.95 bits per heavy atom. The molecule has 2 N–H and O–H groups in total. The highest BCUT2D eigenvalue weighted by Gasteiger charge is 2.17. The Hall–Kier alpha value is -1.22. The first-order valence-corrected chi connectivity index (χ1v) is 7.84. The van der Waals surface area contributed by atoms with Gasteiger partial charge in [-0.25, -0.2) is 0 Å². The summed E-state index contributed by atoms with van der Waals surface area (Å²) in [6.45, 7) is 0.463. The summed E-state index contributed by atoms with van der Waals surface area (Å²) in [5.74, 6) is 0.845. The van der Waals surface area contributed by atoms with E-state index < -0.39 is 0 Å². The Kier molecular flexibility index (Phi) is 4.39. The number of halogens is 2. The van der Waals surface area contributed by atoms with Gasteiger partial charge in [0.15, 0.2) is 0 Å². The lowest BCUT2D eigenvalue weighted by Crippen LogP contribution is -2.17. The average molecular weight is 322 g/mol. The van der Waals surface area contributed by atoms with Crippen molar-refractivity contribution < 1.29 is 4.74 Å². The largest absolute Gasteiger partial charge is 0.489 e. The van der Waals surface area contributed by atoms with Crippen molar-refractivity contribution in [2.75, 3.05) is 0 Å². The molecule has 21 heavy (non-hydrogen) atoms. The molecule has 1 atom stereocenters. The Balaban J connectivity index is 1.73. The number of hydrogen-bond donors (Lipinski definition) is 1. The third kappa shape index (κ3) is 3.34. The highest BCUT2D eigenvalue weighted by Crippen LogP contribution is 2.31. The molecule has 1 aliphatic carbocycles. The number of rotatable bonds is 3. The first kappa shape index (κ1) is 14.7. The topological polar surface area (TPSA) is 35.2 Å². The summed E-state index contributed by atoms with van der Waals surface area (Å²) < 4.78 is 5.84. The lowest BCUT2D eigenvalue weighted by molar-refractivity contribution is 0.305. The molecule has 0 fully saturated rings. The van der Waals surface area contributed by atoms with E-state index in [1.807, 2.05) is 18.2 Å². The third-order valence-corrected chi connectivity index (χ3v) is 4.61. The molecule has 2 nitrogen and oxygen atoms in total. The molecule has 3 rings (SSSR count). The molecule has 0 radical (unpaired) electrons. The van der Waals surface area contributed by atoms with Crippen molar-refractivity contribution in [3.63, 3.8) is 0 Å². The molecule has 0 aromatic heterocycles. The van der Waals surface area contributed by atoms with E-state index in [0.717, 1.165) is 30.6 Å². The predicted octanol–water partition coefficient (Wildman–Crippen LogP) is 4.91. The van der Waals surface area contributed by atoms with E-state index in [1.54, 1.807) is 6.07 Å². The molecule has 0 aliphatic heterocycles. The van der Waals surface area contributed by atoms with Crippen LogP contribution in [0.1, 0.15) is 35.6 Å². The predicted molar refractivity (Wildman–Crippen MR) is 87.1 cm³/mol. The van der Waals surface area contributed by atoms with Gasteiger partial charge in [-0.3, -0.25) is 0 Å². The van der Waals surface area contributed by atoms with Gasteiger partial charge in [-0.15, -0.1) is 0 Å². The minimum absolute atomic E-state index is 0.127. The van der Waals surface area contributed by atoms with Gasteiger partial charge in [0.2, 0.25) is 0 Å². The fraction of sp³-hybridized carbons (Fsp3) is 0.294. The summed E-state index contributed by atoms with van der Waals surface area (Å²) in [6, 6.07) is 11.9. The molecule has 1 aliphatic rings. The van der Waals surface area contributed by atoms with E-state index >= 15 is 0 Å². The second kappa shape index (κ2) is 6.27. The number of fused-ring (bicyclic) bond motifs is 1. The SMILES string of the molecule is N[C@H]1CCCc2ccc(OCc3ccc(Cl)c(Cl)c3)cc21. The standard InChI is InChI=1S/C17H17Cl2NO/c18-15-7-4-11(8-16(15)19)10-21-13-6-5-12-2-1-3-17(20)14(12)9-13/h4-9,17H,1-3,10,20H2/t17-/m0/s1. The van der Waals surface area contributed by atoms with E-state index in [0.29, 0.717) is 16.7 Å². The molecule has 0 bridgehead atoms. The van der Waals surface area contributed by atoms with Crippen LogP contribution in [0.2, 0.25) is 10.0 Å².